The van der Waals surface area contributed by atoms with Crippen molar-refractivity contribution in [1.29, 1.82) is 0 Å². The van der Waals surface area contributed by atoms with Gasteiger partial charge in [0, 0.05) is 25.6 Å². The Morgan fingerprint density at radius 1 is 1.26 bits per heavy atom. The summed E-state index contributed by atoms with van der Waals surface area (Å²) in [7, 11) is 1.78. The first-order chi connectivity index (χ1) is 9.20. The molecule has 0 radical (unpaired) electrons. The molecular weight excluding hydrogens is 240 g/mol. The summed E-state index contributed by atoms with van der Waals surface area (Å²) in [6.07, 6.45) is 5.00. The van der Waals surface area contributed by atoms with Gasteiger partial charge in [0.2, 0.25) is 0 Å². The van der Waals surface area contributed by atoms with Gasteiger partial charge < -0.3 is 10.6 Å². The zero-order valence-corrected chi connectivity index (χ0v) is 10.9. The van der Waals surface area contributed by atoms with Crippen LogP contribution in [0.1, 0.15) is 28.9 Å². The minimum Gasteiger partial charge on any atom is -0.373 e. The minimum absolute atomic E-state index is 0.0924. The SMILES string of the molecule is CNc1ccc(C(=O)N[C@@H](C)c2cccnc2)cn1. The van der Waals surface area contributed by atoms with Gasteiger partial charge in [0.15, 0.2) is 0 Å². The van der Waals surface area contributed by atoms with Gasteiger partial charge in [-0.3, -0.25) is 9.78 Å². The minimum atomic E-state index is -0.147. The number of pyridine rings is 2. The molecule has 2 aromatic heterocycles. The highest BCUT2D eigenvalue weighted by Crippen LogP contribution is 2.11. The maximum Gasteiger partial charge on any atom is 0.253 e. The third kappa shape index (κ3) is 3.28. The van der Waals surface area contributed by atoms with E-state index in [9.17, 15) is 4.79 Å². The van der Waals surface area contributed by atoms with Crippen LogP contribution in [0.3, 0.4) is 0 Å². The molecule has 1 amide bonds. The van der Waals surface area contributed by atoms with Crippen LogP contribution < -0.4 is 10.6 Å². The number of carbonyl (C=O) groups is 1. The molecule has 19 heavy (non-hydrogen) atoms. The summed E-state index contributed by atoms with van der Waals surface area (Å²) in [6, 6.07) is 7.19. The Kier molecular flexibility index (Phi) is 4.07. The Bertz CT molecular complexity index is 539. The van der Waals surface area contributed by atoms with Crippen LogP contribution in [0.25, 0.3) is 0 Å². The van der Waals surface area contributed by atoms with Crippen molar-refractivity contribution in [3.63, 3.8) is 0 Å². The van der Waals surface area contributed by atoms with Gasteiger partial charge in [-0.1, -0.05) is 6.07 Å². The number of rotatable bonds is 4. The summed E-state index contributed by atoms with van der Waals surface area (Å²) >= 11 is 0. The van der Waals surface area contributed by atoms with Crippen molar-refractivity contribution in [3.05, 3.63) is 54.0 Å². The van der Waals surface area contributed by atoms with Crippen molar-refractivity contribution in [1.82, 2.24) is 15.3 Å². The summed E-state index contributed by atoms with van der Waals surface area (Å²) in [5.41, 5.74) is 1.50. The molecule has 0 fully saturated rings. The van der Waals surface area contributed by atoms with E-state index in [1.165, 1.54) is 0 Å². The lowest BCUT2D eigenvalue weighted by atomic mass is 10.1. The summed E-state index contributed by atoms with van der Waals surface area (Å²) < 4.78 is 0. The second-order valence-corrected chi connectivity index (χ2v) is 4.16. The number of anilines is 1. The molecule has 5 nitrogen and oxygen atoms in total. The average Bonchev–Trinajstić information content (AvgIpc) is 2.48. The molecule has 2 aromatic rings. The molecule has 2 heterocycles. The van der Waals surface area contributed by atoms with Crippen LogP contribution in [0.2, 0.25) is 0 Å². The molecule has 0 unspecified atom stereocenters. The van der Waals surface area contributed by atoms with Gasteiger partial charge in [0.05, 0.1) is 11.6 Å². The maximum atomic E-state index is 12.0. The highest BCUT2D eigenvalue weighted by Gasteiger charge is 2.11. The van der Waals surface area contributed by atoms with Gasteiger partial charge in [-0.15, -0.1) is 0 Å². The van der Waals surface area contributed by atoms with Crippen molar-refractivity contribution in [2.24, 2.45) is 0 Å². The quantitative estimate of drug-likeness (QED) is 0.878. The van der Waals surface area contributed by atoms with Crippen molar-refractivity contribution < 1.29 is 4.79 Å². The number of carbonyl (C=O) groups excluding carboxylic acids is 1. The molecule has 0 saturated carbocycles. The Labute approximate surface area is 112 Å². The summed E-state index contributed by atoms with van der Waals surface area (Å²) in [5, 5.41) is 5.82. The van der Waals surface area contributed by atoms with Crippen molar-refractivity contribution in [2.75, 3.05) is 12.4 Å². The largest absolute Gasteiger partial charge is 0.373 e. The highest BCUT2D eigenvalue weighted by molar-refractivity contribution is 5.94. The van der Waals surface area contributed by atoms with Crippen LogP contribution >= 0.6 is 0 Å². The lowest BCUT2D eigenvalue weighted by molar-refractivity contribution is 0.0939. The highest BCUT2D eigenvalue weighted by atomic mass is 16.1. The number of nitrogens with one attached hydrogen (secondary N) is 2. The summed E-state index contributed by atoms with van der Waals surface area (Å²) in [5.74, 6) is 0.586. The first-order valence-electron chi connectivity index (χ1n) is 6.05. The van der Waals surface area contributed by atoms with Crippen molar-refractivity contribution in [3.8, 4) is 0 Å². The molecule has 0 aliphatic carbocycles. The van der Waals surface area contributed by atoms with Gasteiger partial charge in [-0.05, 0) is 30.7 Å². The molecule has 2 rings (SSSR count). The van der Waals surface area contributed by atoms with Gasteiger partial charge in [0.1, 0.15) is 5.82 Å². The maximum absolute atomic E-state index is 12.0. The van der Waals surface area contributed by atoms with Crippen LogP contribution in [-0.4, -0.2) is 22.9 Å². The molecule has 5 heteroatoms. The summed E-state index contributed by atoms with van der Waals surface area (Å²) in [4.78, 5) is 20.2. The standard InChI is InChI=1S/C14H16N4O/c1-10(11-4-3-7-16-8-11)18-14(19)12-5-6-13(15-2)17-9-12/h3-10H,1-2H3,(H,15,17)(H,18,19)/t10-/m0/s1. The zero-order valence-electron chi connectivity index (χ0n) is 10.9. The molecule has 0 bridgehead atoms. The summed E-state index contributed by atoms with van der Waals surface area (Å²) in [6.45, 7) is 1.92. The van der Waals surface area contributed by atoms with E-state index in [1.807, 2.05) is 19.1 Å². The van der Waals surface area contributed by atoms with Gasteiger partial charge in [-0.25, -0.2) is 4.98 Å². The molecule has 0 aromatic carbocycles. The predicted octanol–water partition coefficient (Wildman–Crippen LogP) is 2.01. The Morgan fingerprint density at radius 2 is 2.11 bits per heavy atom. The van der Waals surface area contributed by atoms with Gasteiger partial charge >= 0.3 is 0 Å². The predicted molar refractivity (Wildman–Crippen MR) is 73.9 cm³/mol. The fourth-order valence-electron chi connectivity index (χ4n) is 1.67. The second-order valence-electron chi connectivity index (χ2n) is 4.16. The van der Waals surface area contributed by atoms with E-state index < -0.39 is 0 Å². The average molecular weight is 256 g/mol. The monoisotopic (exact) mass is 256 g/mol. The number of amides is 1. The number of hydrogen-bond donors (Lipinski definition) is 2. The molecule has 98 valence electrons. The van der Waals surface area contributed by atoms with Crippen LogP contribution in [0.4, 0.5) is 5.82 Å². The zero-order chi connectivity index (χ0) is 13.7. The number of aromatic nitrogens is 2. The molecular formula is C14H16N4O. The lowest BCUT2D eigenvalue weighted by Crippen LogP contribution is -2.26. The van der Waals surface area contributed by atoms with Crippen LogP contribution in [0, 0.1) is 0 Å². The Morgan fingerprint density at radius 3 is 2.68 bits per heavy atom. The van der Waals surface area contributed by atoms with Crippen LogP contribution in [-0.2, 0) is 0 Å². The van der Waals surface area contributed by atoms with Gasteiger partial charge in [-0.2, -0.15) is 0 Å². The van der Waals surface area contributed by atoms with E-state index in [0.717, 1.165) is 11.4 Å². The molecule has 2 N–H and O–H groups in total. The molecule has 0 aliphatic heterocycles. The Balaban J connectivity index is 2.04. The van der Waals surface area contributed by atoms with Crippen molar-refractivity contribution in [2.45, 2.75) is 13.0 Å². The fourth-order valence-corrected chi connectivity index (χ4v) is 1.67. The van der Waals surface area contributed by atoms with Crippen molar-refractivity contribution >= 4 is 11.7 Å². The van der Waals surface area contributed by atoms with E-state index in [1.54, 1.807) is 37.8 Å². The topological polar surface area (TPSA) is 66.9 Å². The number of hydrogen-bond acceptors (Lipinski definition) is 4. The van der Waals surface area contributed by atoms with Crippen LogP contribution in [0.5, 0.6) is 0 Å². The molecule has 0 saturated heterocycles. The Hall–Kier alpha value is -2.43. The first-order valence-corrected chi connectivity index (χ1v) is 6.05. The number of nitrogens with zero attached hydrogens (tertiary/aromatic N) is 2. The second kappa shape index (κ2) is 5.95. The lowest BCUT2D eigenvalue weighted by Gasteiger charge is -2.13. The van der Waals surface area contributed by atoms with E-state index in [-0.39, 0.29) is 11.9 Å². The van der Waals surface area contributed by atoms with E-state index >= 15 is 0 Å². The smallest absolute Gasteiger partial charge is 0.253 e. The van der Waals surface area contributed by atoms with E-state index in [2.05, 4.69) is 20.6 Å². The van der Waals surface area contributed by atoms with Gasteiger partial charge in [0.25, 0.3) is 5.91 Å². The first kappa shape index (κ1) is 13.0. The molecule has 0 spiro atoms. The fraction of sp³-hybridized carbons (Fsp3) is 0.214. The van der Waals surface area contributed by atoms with E-state index in [4.69, 9.17) is 0 Å². The van der Waals surface area contributed by atoms with Crippen LogP contribution in [0.15, 0.2) is 42.9 Å². The molecule has 1 atom stereocenters. The third-order valence-corrected chi connectivity index (χ3v) is 2.81. The third-order valence-electron chi connectivity index (χ3n) is 2.81. The molecule has 0 aliphatic rings. The van der Waals surface area contributed by atoms with E-state index in [0.29, 0.717) is 5.56 Å². The normalized spacial score (nSPS) is 11.7.